The van der Waals surface area contributed by atoms with E-state index < -0.39 is 0 Å². The number of ether oxygens (including phenoxy) is 1. The van der Waals surface area contributed by atoms with E-state index in [1.807, 2.05) is 0 Å². The second-order valence-corrected chi connectivity index (χ2v) is 6.96. The SMILES string of the molecule is COc1ccc2c(c1)CCC(N1CCN(c3ccccc3C)CC1)=C2. The number of anilines is 1. The number of rotatable bonds is 3. The van der Waals surface area contributed by atoms with E-state index in [9.17, 15) is 0 Å². The minimum absolute atomic E-state index is 0.961. The van der Waals surface area contributed by atoms with Gasteiger partial charge in [-0.05, 0) is 60.7 Å². The monoisotopic (exact) mass is 334 g/mol. The maximum atomic E-state index is 5.35. The van der Waals surface area contributed by atoms with Gasteiger partial charge in [-0.15, -0.1) is 0 Å². The first-order valence-corrected chi connectivity index (χ1v) is 9.17. The van der Waals surface area contributed by atoms with Gasteiger partial charge in [-0.1, -0.05) is 24.3 Å². The molecule has 130 valence electrons. The Hall–Kier alpha value is -2.42. The van der Waals surface area contributed by atoms with E-state index in [2.05, 4.69) is 65.3 Å². The molecule has 0 bridgehead atoms. The third kappa shape index (κ3) is 3.23. The molecule has 0 amide bonds. The zero-order chi connectivity index (χ0) is 17.2. The molecule has 0 unspecified atom stereocenters. The summed E-state index contributed by atoms with van der Waals surface area (Å²) in [5.74, 6) is 0.961. The van der Waals surface area contributed by atoms with Gasteiger partial charge in [0.1, 0.15) is 5.75 Å². The van der Waals surface area contributed by atoms with Crippen molar-refractivity contribution in [2.75, 3.05) is 38.2 Å². The lowest BCUT2D eigenvalue weighted by Gasteiger charge is -2.40. The van der Waals surface area contributed by atoms with Gasteiger partial charge in [0.25, 0.3) is 0 Å². The standard InChI is InChI=1S/C22H26N2O/c1-17-5-3-4-6-22(17)24-13-11-23(12-14-24)20-9-7-19-16-21(25-2)10-8-18(19)15-20/h3-6,8,10,15-16H,7,9,11-14H2,1-2H3. The summed E-state index contributed by atoms with van der Waals surface area (Å²) >= 11 is 0. The highest BCUT2D eigenvalue weighted by Gasteiger charge is 2.22. The lowest BCUT2D eigenvalue weighted by Crippen LogP contribution is -2.46. The molecule has 1 saturated heterocycles. The Morgan fingerprint density at radius 3 is 2.40 bits per heavy atom. The van der Waals surface area contributed by atoms with Crippen molar-refractivity contribution in [2.24, 2.45) is 0 Å². The first-order chi connectivity index (χ1) is 12.2. The van der Waals surface area contributed by atoms with Crippen LogP contribution in [0.4, 0.5) is 5.69 Å². The van der Waals surface area contributed by atoms with Crippen LogP contribution in [-0.4, -0.2) is 38.2 Å². The van der Waals surface area contributed by atoms with Crippen LogP contribution in [0.3, 0.4) is 0 Å². The molecule has 1 heterocycles. The van der Waals surface area contributed by atoms with Crippen LogP contribution in [0.15, 0.2) is 48.2 Å². The normalized spacial score (nSPS) is 17.1. The summed E-state index contributed by atoms with van der Waals surface area (Å²) in [7, 11) is 1.74. The number of nitrogens with zero attached hydrogens (tertiary/aromatic N) is 2. The highest BCUT2D eigenvalue weighted by molar-refractivity contribution is 5.61. The molecule has 3 heteroatoms. The van der Waals surface area contributed by atoms with Crippen LogP contribution in [-0.2, 0) is 6.42 Å². The van der Waals surface area contributed by atoms with Gasteiger partial charge in [0, 0.05) is 37.6 Å². The van der Waals surface area contributed by atoms with Crippen molar-refractivity contribution in [3.63, 3.8) is 0 Å². The molecule has 3 nitrogen and oxygen atoms in total. The van der Waals surface area contributed by atoms with Crippen molar-refractivity contribution >= 4 is 11.8 Å². The summed E-state index contributed by atoms with van der Waals surface area (Å²) in [6, 6.07) is 15.1. The van der Waals surface area contributed by atoms with E-state index >= 15 is 0 Å². The lowest BCUT2D eigenvalue weighted by molar-refractivity contribution is 0.312. The number of aryl methyl sites for hydroxylation is 2. The predicted molar refractivity (Wildman–Crippen MR) is 104 cm³/mol. The van der Waals surface area contributed by atoms with Gasteiger partial charge < -0.3 is 14.5 Å². The number of para-hydroxylation sites is 1. The molecule has 2 aromatic carbocycles. The molecule has 1 aliphatic heterocycles. The number of allylic oxidation sites excluding steroid dienone is 1. The van der Waals surface area contributed by atoms with Gasteiger partial charge in [0.15, 0.2) is 0 Å². The topological polar surface area (TPSA) is 15.7 Å². The van der Waals surface area contributed by atoms with E-state index in [0.29, 0.717) is 0 Å². The summed E-state index contributed by atoms with van der Waals surface area (Å²) < 4.78 is 5.35. The van der Waals surface area contributed by atoms with Gasteiger partial charge in [0.2, 0.25) is 0 Å². The van der Waals surface area contributed by atoms with Crippen LogP contribution in [0, 0.1) is 6.92 Å². The molecule has 0 aromatic heterocycles. The van der Waals surface area contributed by atoms with E-state index in [1.54, 1.807) is 7.11 Å². The van der Waals surface area contributed by atoms with Gasteiger partial charge >= 0.3 is 0 Å². The first kappa shape index (κ1) is 16.1. The zero-order valence-corrected chi connectivity index (χ0v) is 15.2. The Kier molecular flexibility index (Phi) is 4.39. The van der Waals surface area contributed by atoms with Crippen molar-refractivity contribution in [1.29, 1.82) is 0 Å². The molecule has 0 radical (unpaired) electrons. The van der Waals surface area contributed by atoms with Gasteiger partial charge in [-0.25, -0.2) is 0 Å². The molecule has 0 spiro atoms. The number of hydrogen-bond donors (Lipinski definition) is 0. The lowest BCUT2D eigenvalue weighted by atomic mass is 9.94. The molecular formula is C22H26N2O. The fourth-order valence-electron chi connectivity index (χ4n) is 3.98. The summed E-state index contributed by atoms with van der Waals surface area (Å²) in [4.78, 5) is 5.09. The fraction of sp³-hybridized carbons (Fsp3) is 0.364. The molecule has 0 atom stereocenters. The summed E-state index contributed by atoms with van der Waals surface area (Å²) in [6.07, 6.45) is 4.61. The largest absolute Gasteiger partial charge is 0.497 e. The number of methoxy groups -OCH3 is 1. The van der Waals surface area contributed by atoms with Crippen LogP contribution >= 0.6 is 0 Å². The van der Waals surface area contributed by atoms with Gasteiger partial charge in [-0.2, -0.15) is 0 Å². The maximum absolute atomic E-state index is 5.35. The average molecular weight is 334 g/mol. The molecule has 4 rings (SSSR count). The van der Waals surface area contributed by atoms with Crippen molar-refractivity contribution in [1.82, 2.24) is 4.90 Å². The Balaban J connectivity index is 1.46. The molecule has 2 aromatic rings. The van der Waals surface area contributed by atoms with Gasteiger partial charge in [-0.3, -0.25) is 0 Å². The minimum atomic E-state index is 0.961. The first-order valence-electron chi connectivity index (χ1n) is 9.17. The molecule has 1 aliphatic carbocycles. The van der Waals surface area contributed by atoms with Crippen LogP contribution in [0.1, 0.15) is 23.1 Å². The number of hydrogen-bond acceptors (Lipinski definition) is 3. The maximum Gasteiger partial charge on any atom is 0.119 e. The van der Waals surface area contributed by atoms with E-state index in [-0.39, 0.29) is 0 Å². The summed E-state index contributed by atoms with van der Waals surface area (Å²) in [5, 5.41) is 0. The van der Waals surface area contributed by atoms with E-state index in [4.69, 9.17) is 4.74 Å². The van der Waals surface area contributed by atoms with Crippen LogP contribution in [0.5, 0.6) is 5.75 Å². The highest BCUT2D eigenvalue weighted by atomic mass is 16.5. The van der Waals surface area contributed by atoms with Crippen LogP contribution in [0.25, 0.3) is 6.08 Å². The van der Waals surface area contributed by atoms with Crippen molar-refractivity contribution in [2.45, 2.75) is 19.8 Å². The molecule has 0 N–H and O–H groups in total. The highest BCUT2D eigenvalue weighted by Crippen LogP contribution is 2.30. The fourth-order valence-corrected chi connectivity index (χ4v) is 3.98. The number of fused-ring (bicyclic) bond motifs is 1. The Morgan fingerprint density at radius 2 is 1.64 bits per heavy atom. The second kappa shape index (κ2) is 6.83. The Morgan fingerprint density at radius 1 is 0.880 bits per heavy atom. The third-order valence-corrected chi connectivity index (χ3v) is 5.46. The molecular weight excluding hydrogens is 308 g/mol. The summed E-state index contributed by atoms with van der Waals surface area (Å²) in [6.45, 7) is 6.60. The predicted octanol–water partition coefficient (Wildman–Crippen LogP) is 4.11. The Bertz CT molecular complexity index is 788. The molecule has 25 heavy (non-hydrogen) atoms. The number of benzene rings is 2. The smallest absolute Gasteiger partial charge is 0.119 e. The Labute approximate surface area is 150 Å². The minimum Gasteiger partial charge on any atom is -0.497 e. The quantitative estimate of drug-likeness (QED) is 0.840. The van der Waals surface area contributed by atoms with Gasteiger partial charge in [0.05, 0.1) is 7.11 Å². The second-order valence-electron chi connectivity index (χ2n) is 6.96. The third-order valence-electron chi connectivity index (χ3n) is 5.46. The average Bonchev–Trinajstić information content (AvgIpc) is 2.68. The van der Waals surface area contributed by atoms with E-state index in [1.165, 1.54) is 28.1 Å². The number of piperazine rings is 1. The molecule has 2 aliphatic rings. The zero-order valence-electron chi connectivity index (χ0n) is 15.2. The molecule has 1 fully saturated rings. The van der Waals surface area contributed by atoms with E-state index in [0.717, 1.165) is 44.8 Å². The van der Waals surface area contributed by atoms with Crippen molar-refractivity contribution < 1.29 is 4.74 Å². The van der Waals surface area contributed by atoms with Crippen molar-refractivity contribution in [3.8, 4) is 5.75 Å². The van der Waals surface area contributed by atoms with Crippen LogP contribution in [0.2, 0.25) is 0 Å². The molecule has 0 saturated carbocycles. The van der Waals surface area contributed by atoms with Crippen LogP contribution < -0.4 is 9.64 Å². The summed E-state index contributed by atoms with van der Waals surface area (Å²) in [5.41, 5.74) is 7.00. The van der Waals surface area contributed by atoms with Crippen molar-refractivity contribution in [3.05, 3.63) is 64.9 Å².